The van der Waals surface area contributed by atoms with Crippen LogP contribution >= 0.6 is 0 Å². The molecule has 0 radical (unpaired) electrons. The first-order valence-electron chi connectivity index (χ1n) is 10.2. The van der Waals surface area contributed by atoms with E-state index in [1.807, 2.05) is 31.2 Å². The number of aromatic carboxylic acids is 2. The monoisotopic (exact) mass is 446 g/mol. The third kappa shape index (κ3) is 5.51. The van der Waals surface area contributed by atoms with Gasteiger partial charge in [0.1, 0.15) is 11.5 Å². The van der Waals surface area contributed by atoms with Crippen molar-refractivity contribution in [3.8, 4) is 11.5 Å². The van der Waals surface area contributed by atoms with Crippen LogP contribution in [0.2, 0.25) is 0 Å². The van der Waals surface area contributed by atoms with Crippen molar-refractivity contribution in [2.45, 2.75) is 26.7 Å². The summed E-state index contributed by atoms with van der Waals surface area (Å²) in [6, 6.07) is 16.2. The number of benzene rings is 3. The van der Waals surface area contributed by atoms with Crippen LogP contribution in [0.25, 0.3) is 0 Å². The van der Waals surface area contributed by atoms with E-state index in [0.717, 1.165) is 17.7 Å². The van der Waals surface area contributed by atoms with E-state index in [1.165, 1.54) is 0 Å². The van der Waals surface area contributed by atoms with E-state index in [-0.39, 0.29) is 24.0 Å². The van der Waals surface area contributed by atoms with Crippen molar-refractivity contribution >= 4 is 23.5 Å². The normalized spacial score (nSPS) is 10.5. The summed E-state index contributed by atoms with van der Waals surface area (Å²) in [6.45, 7) is 3.51. The van der Waals surface area contributed by atoms with Crippen molar-refractivity contribution in [2.24, 2.45) is 0 Å². The molecule has 7 heteroatoms. The molecule has 0 saturated heterocycles. The Kier molecular flexibility index (Phi) is 7.03. The molecular formula is C26H22O7. The predicted octanol–water partition coefficient (Wildman–Crippen LogP) is 5.20. The number of hydrogen-bond donors (Lipinski definition) is 2. The summed E-state index contributed by atoms with van der Waals surface area (Å²) in [5, 5.41) is 19.0. The van der Waals surface area contributed by atoms with Gasteiger partial charge in [-0.2, -0.15) is 0 Å². The molecule has 0 amide bonds. The Labute approximate surface area is 190 Å². The Morgan fingerprint density at radius 2 is 1.15 bits per heavy atom. The second kappa shape index (κ2) is 9.91. The number of Topliss-reactive ketones (excluding diaryl/α,β-unsaturated/α-hetero) is 2. The molecule has 0 unspecified atom stereocenters. The predicted molar refractivity (Wildman–Crippen MR) is 121 cm³/mol. The Morgan fingerprint density at radius 1 is 0.697 bits per heavy atom. The Hall–Kier alpha value is -4.26. The molecule has 3 aromatic rings. The van der Waals surface area contributed by atoms with Gasteiger partial charge in [0.25, 0.3) is 0 Å². The molecule has 33 heavy (non-hydrogen) atoms. The van der Waals surface area contributed by atoms with Crippen molar-refractivity contribution in [1.29, 1.82) is 0 Å². The maximum atomic E-state index is 12.9. The summed E-state index contributed by atoms with van der Waals surface area (Å²) in [5.41, 5.74) is 0.426. The smallest absolute Gasteiger partial charge is 0.336 e. The number of aryl methyl sites for hydroxylation is 1. The van der Waals surface area contributed by atoms with Crippen molar-refractivity contribution in [3.63, 3.8) is 0 Å². The van der Waals surface area contributed by atoms with Crippen LogP contribution in [0.3, 0.4) is 0 Å². The largest absolute Gasteiger partial charge is 0.478 e. The molecule has 0 saturated carbocycles. The Morgan fingerprint density at radius 3 is 1.61 bits per heavy atom. The van der Waals surface area contributed by atoms with Crippen LogP contribution in [0.1, 0.15) is 65.9 Å². The molecule has 0 bridgehead atoms. The summed E-state index contributed by atoms with van der Waals surface area (Å²) in [6.07, 6.45) is -0.144. The molecule has 0 aliphatic carbocycles. The van der Waals surface area contributed by atoms with E-state index in [4.69, 9.17) is 4.74 Å². The average molecular weight is 446 g/mol. The number of rotatable bonds is 9. The Bertz CT molecular complexity index is 1220. The van der Waals surface area contributed by atoms with Crippen LogP contribution in [0.15, 0.2) is 60.7 Å². The van der Waals surface area contributed by atoms with Gasteiger partial charge in [-0.25, -0.2) is 9.59 Å². The van der Waals surface area contributed by atoms with E-state index < -0.39 is 34.6 Å². The number of carbonyl (C=O) groups excluding carboxylic acids is 2. The minimum Gasteiger partial charge on any atom is -0.478 e. The first kappa shape index (κ1) is 23.4. The van der Waals surface area contributed by atoms with Gasteiger partial charge in [0.2, 0.25) is 0 Å². The third-order valence-electron chi connectivity index (χ3n) is 5.09. The number of hydrogen-bond acceptors (Lipinski definition) is 5. The molecule has 0 fully saturated rings. The van der Waals surface area contributed by atoms with E-state index in [0.29, 0.717) is 17.1 Å². The van der Waals surface area contributed by atoms with Gasteiger partial charge in [-0.3, -0.25) is 9.59 Å². The van der Waals surface area contributed by atoms with Crippen LogP contribution in [-0.4, -0.2) is 33.7 Å². The topological polar surface area (TPSA) is 118 Å². The third-order valence-corrected chi connectivity index (χ3v) is 5.09. The fourth-order valence-electron chi connectivity index (χ4n) is 3.30. The summed E-state index contributed by atoms with van der Waals surface area (Å²) in [7, 11) is 0. The summed E-state index contributed by atoms with van der Waals surface area (Å²) >= 11 is 0. The number of carbonyl (C=O) groups is 4. The van der Waals surface area contributed by atoms with E-state index in [2.05, 4.69) is 0 Å². The molecular weight excluding hydrogens is 424 g/mol. The molecule has 0 aromatic heterocycles. The van der Waals surface area contributed by atoms with E-state index >= 15 is 0 Å². The molecule has 0 heterocycles. The lowest BCUT2D eigenvalue weighted by Crippen LogP contribution is -2.17. The quantitative estimate of drug-likeness (QED) is 0.434. The lowest BCUT2D eigenvalue weighted by Gasteiger charge is -2.11. The highest BCUT2D eigenvalue weighted by Crippen LogP contribution is 2.24. The lowest BCUT2D eigenvalue weighted by atomic mass is 9.91. The molecule has 7 nitrogen and oxygen atoms in total. The lowest BCUT2D eigenvalue weighted by molar-refractivity contribution is 0.0676. The van der Waals surface area contributed by atoms with Crippen LogP contribution in [0.4, 0.5) is 0 Å². The highest BCUT2D eigenvalue weighted by Gasteiger charge is 2.25. The minimum absolute atomic E-state index is 0.00361. The van der Waals surface area contributed by atoms with Crippen molar-refractivity contribution in [3.05, 3.63) is 94.0 Å². The van der Waals surface area contributed by atoms with Gasteiger partial charge >= 0.3 is 11.9 Å². The van der Waals surface area contributed by atoms with Crippen molar-refractivity contribution in [1.82, 2.24) is 0 Å². The molecule has 2 N–H and O–H groups in total. The van der Waals surface area contributed by atoms with Gasteiger partial charge in [0.15, 0.2) is 11.6 Å². The van der Waals surface area contributed by atoms with Gasteiger partial charge < -0.3 is 14.9 Å². The molecule has 0 spiro atoms. The minimum atomic E-state index is -1.41. The van der Waals surface area contributed by atoms with Gasteiger partial charge in [0, 0.05) is 24.0 Å². The second-order valence-electron chi connectivity index (χ2n) is 7.49. The standard InChI is InChI=1S/C26H22O7/c1-3-23(27)19-13-22(26(31)32)20(14-21(19)25(29)30)24(28)12-16-6-10-18(11-7-16)33-17-8-4-15(2)5-9-17/h4-11,13-14H,3,12H2,1-2H3,(H,29,30)(H,31,32). The summed E-state index contributed by atoms with van der Waals surface area (Å²) < 4.78 is 5.76. The van der Waals surface area contributed by atoms with Gasteiger partial charge in [-0.1, -0.05) is 36.8 Å². The van der Waals surface area contributed by atoms with Crippen LogP contribution in [0, 0.1) is 6.92 Å². The molecule has 0 atom stereocenters. The number of carboxylic acid groups (broad SMARTS) is 2. The first-order valence-corrected chi connectivity index (χ1v) is 10.2. The highest BCUT2D eigenvalue weighted by atomic mass is 16.5. The zero-order valence-electron chi connectivity index (χ0n) is 18.1. The Balaban J connectivity index is 1.86. The SMILES string of the molecule is CCC(=O)c1cc(C(=O)O)c(C(=O)Cc2ccc(Oc3ccc(C)cc3)cc2)cc1C(=O)O. The van der Waals surface area contributed by atoms with Crippen LogP contribution in [-0.2, 0) is 6.42 Å². The van der Waals surface area contributed by atoms with Gasteiger partial charge in [-0.05, 0) is 48.9 Å². The molecule has 168 valence electrons. The molecule has 0 aliphatic heterocycles. The zero-order chi connectivity index (χ0) is 24.1. The number of ether oxygens (including phenoxy) is 1. The fraction of sp³-hybridized carbons (Fsp3) is 0.154. The van der Waals surface area contributed by atoms with Crippen LogP contribution < -0.4 is 4.74 Å². The van der Waals surface area contributed by atoms with Crippen molar-refractivity contribution < 1.29 is 34.1 Å². The maximum Gasteiger partial charge on any atom is 0.336 e. The van der Waals surface area contributed by atoms with E-state index in [1.54, 1.807) is 31.2 Å². The van der Waals surface area contributed by atoms with Gasteiger partial charge in [0.05, 0.1) is 11.1 Å². The molecule has 0 aliphatic rings. The fourth-order valence-corrected chi connectivity index (χ4v) is 3.30. The highest BCUT2D eigenvalue weighted by molar-refractivity contribution is 6.13. The van der Waals surface area contributed by atoms with Crippen molar-refractivity contribution in [2.75, 3.05) is 0 Å². The number of carboxylic acids is 2. The molecule has 3 rings (SSSR count). The second-order valence-corrected chi connectivity index (χ2v) is 7.49. The first-order chi connectivity index (χ1) is 15.7. The molecule has 3 aromatic carbocycles. The zero-order valence-corrected chi connectivity index (χ0v) is 18.1. The van der Waals surface area contributed by atoms with Gasteiger partial charge in [-0.15, -0.1) is 0 Å². The van der Waals surface area contributed by atoms with E-state index in [9.17, 15) is 29.4 Å². The van der Waals surface area contributed by atoms with Crippen LogP contribution in [0.5, 0.6) is 11.5 Å². The summed E-state index contributed by atoms with van der Waals surface area (Å²) in [5.74, 6) is -2.68. The average Bonchev–Trinajstić information content (AvgIpc) is 2.80. The number of ketones is 2. The summed E-state index contributed by atoms with van der Waals surface area (Å²) in [4.78, 5) is 48.4. The maximum absolute atomic E-state index is 12.9.